The van der Waals surface area contributed by atoms with Crippen molar-refractivity contribution in [2.75, 3.05) is 6.54 Å². The van der Waals surface area contributed by atoms with Crippen LogP contribution in [0.15, 0.2) is 48.8 Å². The fourth-order valence-electron chi connectivity index (χ4n) is 2.54. The van der Waals surface area contributed by atoms with Gasteiger partial charge in [0.25, 0.3) is 0 Å². The van der Waals surface area contributed by atoms with Gasteiger partial charge in [-0.25, -0.2) is 0 Å². The number of hydrogen-bond acceptors (Lipinski definition) is 3. The minimum atomic E-state index is -0.527. The zero-order valence-corrected chi connectivity index (χ0v) is 14.8. The molecular formula is C19H26N4O2. The topological polar surface area (TPSA) is 76.0 Å². The van der Waals surface area contributed by atoms with E-state index in [1.165, 1.54) is 0 Å². The summed E-state index contributed by atoms with van der Waals surface area (Å²) >= 11 is 0. The summed E-state index contributed by atoms with van der Waals surface area (Å²) < 4.78 is 1.83. The number of nitrogens with zero attached hydrogens (tertiary/aromatic N) is 2. The Morgan fingerprint density at radius 1 is 1.16 bits per heavy atom. The average molecular weight is 342 g/mol. The minimum absolute atomic E-state index is 0.0193. The molecule has 1 atom stereocenters. The fraction of sp³-hybridized carbons (Fsp3) is 0.421. The molecular weight excluding hydrogens is 316 g/mol. The molecule has 0 bridgehead atoms. The molecule has 1 heterocycles. The van der Waals surface area contributed by atoms with Crippen LogP contribution in [0.1, 0.15) is 25.8 Å². The Hall–Kier alpha value is -2.63. The van der Waals surface area contributed by atoms with Gasteiger partial charge in [-0.3, -0.25) is 14.3 Å². The smallest absolute Gasteiger partial charge is 0.242 e. The van der Waals surface area contributed by atoms with Crippen LogP contribution in [0.25, 0.3) is 0 Å². The Balaban J connectivity index is 1.78. The molecule has 0 aliphatic rings. The van der Waals surface area contributed by atoms with E-state index in [1.807, 2.05) is 61.1 Å². The summed E-state index contributed by atoms with van der Waals surface area (Å²) in [5.74, 6) is -0.265. The maximum absolute atomic E-state index is 12.4. The predicted molar refractivity (Wildman–Crippen MR) is 96.8 cm³/mol. The maximum atomic E-state index is 12.4. The van der Waals surface area contributed by atoms with E-state index in [9.17, 15) is 9.59 Å². The molecule has 6 nitrogen and oxygen atoms in total. The van der Waals surface area contributed by atoms with Gasteiger partial charge in [-0.15, -0.1) is 0 Å². The highest BCUT2D eigenvalue weighted by atomic mass is 16.2. The molecule has 1 unspecified atom stereocenters. The first-order chi connectivity index (χ1) is 12.1. The van der Waals surface area contributed by atoms with Crippen molar-refractivity contribution in [1.29, 1.82) is 0 Å². The summed E-state index contributed by atoms with van der Waals surface area (Å²) in [6.07, 6.45) is 4.69. The van der Waals surface area contributed by atoms with E-state index in [0.717, 1.165) is 18.5 Å². The van der Waals surface area contributed by atoms with Crippen molar-refractivity contribution < 1.29 is 9.59 Å². The van der Waals surface area contributed by atoms with E-state index in [0.29, 0.717) is 6.54 Å². The van der Waals surface area contributed by atoms with Gasteiger partial charge in [0.2, 0.25) is 11.8 Å². The molecule has 2 rings (SSSR count). The Bertz CT molecular complexity index is 653. The van der Waals surface area contributed by atoms with Crippen molar-refractivity contribution in [1.82, 2.24) is 20.4 Å². The second kappa shape index (κ2) is 9.61. The number of nitrogens with one attached hydrogen (secondary N) is 2. The minimum Gasteiger partial charge on any atom is -0.354 e. The lowest BCUT2D eigenvalue weighted by atomic mass is 10.0. The summed E-state index contributed by atoms with van der Waals surface area (Å²) in [6.45, 7) is 5.16. The molecule has 0 saturated heterocycles. The van der Waals surface area contributed by atoms with Crippen molar-refractivity contribution in [3.8, 4) is 0 Å². The fourth-order valence-corrected chi connectivity index (χ4v) is 2.54. The normalized spacial score (nSPS) is 12.0. The molecule has 0 saturated carbocycles. The van der Waals surface area contributed by atoms with Crippen LogP contribution in [0.5, 0.6) is 0 Å². The van der Waals surface area contributed by atoms with Crippen LogP contribution in [0.2, 0.25) is 0 Å². The first-order valence-electron chi connectivity index (χ1n) is 8.64. The predicted octanol–water partition coefficient (Wildman–Crippen LogP) is 1.77. The number of aryl methyl sites for hydroxylation is 1. The van der Waals surface area contributed by atoms with Gasteiger partial charge in [0.1, 0.15) is 6.04 Å². The van der Waals surface area contributed by atoms with E-state index < -0.39 is 6.04 Å². The zero-order valence-electron chi connectivity index (χ0n) is 14.8. The molecule has 6 heteroatoms. The number of aromatic nitrogens is 2. The Morgan fingerprint density at radius 3 is 2.56 bits per heavy atom. The largest absolute Gasteiger partial charge is 0.354 e. The lowest BCUT2D eigenvalue weighted by molar-refractivity contribution is -0.129. The monoisotopic (exact) mass is 342 g/mol. The molecule has 0 aliphatic heterocycles. The molecule has 1 aromatic heterocycles. The van der Waals surface area contributed by atoms with Gasteiger partial charge in [-0.1, -0.05) is 44.2 Å². The Morgan fingerprint density at radius 2 is 1.92 bits per heavy atom. The van der Waals surface area contributed by atoms with Gasteiger partial charge in [-0.05, 0) is 24.0 Å². The standard InChI is InChI=1S/C19H26N4O2/c1-15(2)18(22-17(24)14-16-8-4-3-5-9-16)19(25)20-10-6-12-23-13-7-11-21-23/h3-5,7-9,11,13,15,18H,6,10,12,14H2,1-2H3,(H,20,25)(H,22,24). The van der Waals surface area contributed by atoms with E-state index >= 15 is 0 Å². The van der Waals surface area contributed by atoms with Crippen molar-refractivity contribution >= 4 is 11.8 Å². The SMILES string of the molecule is CC(C)C(NC(=O)Cc1ccccc1)C(=O)NCCCn1cccn1. The molecule has 0 fully saturated rings. The average Bonchev–Trinajstić information content (AvgIpc) is 3.10. The summed E-state index contributed by atoms with van der Waals surface area (Å²) in [5.41, 5.74) is 0.933. The van der Waals surface area contributed by atoms with Crippen molar-refractivity contribution in [2.24, 2.45) is 5.92 Å². The summed E-state index contributed by atoms with van der Waals surface area (Å²) in [6, 6.07) is 10.9. The first kappa shape index (κ1) is 18.7. The van der Waals surface area contributed by atoms with E-state index in [1.54, 1.807) is 6.20 Å². The molecule has 25 heavy (non-hydrogen) atoms. The summed E-state index contributed by atoms with van der Waals surface area (Å²) in [4.78, 5) is 24.6. The molecule has 0 aliphatic carbocycles. The quantitative estimate of drug-likeness (QED) is 0.682. The van der Waals surface area contributed by atoms with Crippen LogP contribution < -0.4 is 10.6 Å². The zero-order chi connectivity index (χ0) is 18.1. The van der Waals surface area contributed by atoms with Crippen LogP contribution in [0.4, 0.5) is 0 Å². The van der Waals surface area contributed by atoms with Crippen molar-refractivity contribution in [2.45, 2.75) is 39.3 Å². The van der Waals surface area contributed by atoms with E-state index in [-0.39, 0.29) is 24.2 Å². The van der Waals surface area contributed by atoms with Crippen molar-refractivity contribution in [3.63, 3.8) is 0 Å². The highest BCUT2D eigenvalue weighted by Gasteiger charge is 2.23. The van der Waals surface area contributed by atoms with Gasteiger partial charge >= 0.3 is 0 Å². The number of amides is 2. The van der Waals surface area contributed by atoms with Gasteiger partial charge < -0.3 is 10.6 Å². The lowest BCUT2D eigenvalue weighted by Gasteiger charge is -2.21. The number of rotatable bonds is 9. The number of hydrogen-bond donors (Lipinski definition) is 2. The molecule has 2 N–H and O–H groups in total. The van der Waals surface area contributed by atoms with Crippen LogP contribution in [-0.4, -0.2) is 34.2 Å². The second-order valence-electron chi connectivity index (χ2n) is 6.37. The van der Waals surface area contributed by atoms with Gasteiger partial charge in [-0.2, -0.15) is 5.10 Å². The Labute approximate surface area is 148 Å². The third kappa shape index (κ3) is 6.41. The van der Waals surface area contributed by atoms with Gasteiger partial charge in [0.05, 0.1) is 6.42 Å². The summed E-state index contributed by atoms with van der Waals surface area (Å²) in [7, 11) is 0. The third-order valence-electron chi connectivity index (χ3n) is 3.90. The number of benzene rings is 1. The van der Waals surface area contributed by atoms with Gasteiger partial charge in [0, 0.05) is 25.5 Å². The van der Waals surface area contributed by atoms with Crippen LogP contribution in [0, 0.1) is 5.92 Å². The maximum Gasteiger partial charge on any atom is 0.242 e. The van der Waals surface area contributed by atoms with E-state index in [2.05, 4.69) is 15.7 Å². The molecule has 2 aromatic rings. The Kier molecular flexibility index (Phi) is 7.19. The molecule has 0 spiro atoms. The highest BCUT2D eigenvalue weighted by Crippen LogP contribution is 2.04. The molecule has 0 radical (unpaired) electrons. The first-order valence-corrected chi connectivity index (χ1v) is 8.64. The summed E-state index contributed by atoms with van der Waals surface area (Å²) in [5, 5.41) is 9.87. The van der Waals surface area contributed by atoms with Crippen molar-refractivity contribution in [3.05, 3.63) is 54.4 Å². The van der Waals surface area contributed by atoms with Crippen LogP contribution in [0.3, 0.4) is 0 Å². The van der Waals surface area contributed by atoms with Gasteiger partial charge in [0.15, 0.2) is 0 Å². The van der Waals surface area contributed by atoms with Crippen LogP contribution >= 0.6 is 0 Å². The number of carbonyl (C=O) groups is 2. The molecule has 134 valence electrons. The lowest BCUT2D eigenvalue weighted by Crippen LogP contribution is -2.50. The third-order valence-corrected chi connectivity index (χ3v) is 3.90. The highest BCUT2D eigenvalue weighted by molar-refractivity contribution is 5.88. The van der Waals surface area contributed by atoms with Crippen LogP contribution in [-0.2, 0) is 22.6 Å². The number of carbonyl (C=O) groups excluding carboxylic acids is 2. The van der Waals surface area contributed by atoms with E-state index in [4.69, 9.17) is 0 Å². The molecule has 2 amide bonds. The second-order valence-corrected chi connectivity index (χ2v) is 6.37. The molecule has 1 aromatic carbocycles.